The first-order chi connectivity index (χ1) is 8.72. The van der Waals surface area contributed by atoms with Crippen LogP contribution in [0, 0.1) is 0 Å². The van der Waals surface area contributed by atoms with E-state index in [1.807, 2.05) is 18.2 Å². The minimum Gasteiger partial charge on any atom is -0.496 e. The molecule has 2 N–H and O–H groups in total. The lowest BCUT2D eigenvalue weighted by molar-refractivity contribution is 0.412. The predicted octanol–water partition coefficient (Wildman–Crippen LogP) is 3.03. The molecule has 0 aliphatic carbocycles. The second-order valence-corrected chi connectivity index (χ2v) is 4.34. The molecular formula is C12H13BrN4O. The smallest absolute Gasteiger partial charge is 0.224 e. The highest BCUT2D eigenvalue weighted by molar-refractivity contribution is 9.10. The Hall–Kier alpha value is -1.82. The molecular weight excluding hydrogens is 296 g/mol. The summed E-state index contributed by atoms with van der Waals surface area (Å²) in [5.41, 5.74) is 0.920. The second kappa shape index (κ2) is 5.68. The third-order valence-electron chi connectivity index (χ3n) is 2.30. The summed E-state index contributed by atoms with van der Waals surface area (Å²) in [5.74, 6) is 2.10. The van der Waals surface area contributed by atoms with Crippen molar-refractivity contribution in [3.05, 3.63) is 34.9 Å². The maximum Gasteiger partial charge on any atom is 0.224 e. The fourth-order valence-corrected chi connectivity index (χ4v) is 1.98. The minimum atomic E-state index is 0.576. The van der Waals surface area contributed by atoms with E-state index in [0.29, 0.717) is 5.95 Å². The molecule has 0 atom stereocenters. The number of rotatable bonds is 4. The number of benzene rings is 1. The molecule has 0 spiro atoms. The minimum absolute atomic E-state index is 0.576. The molecule has 0 unspecified atom stereocenters. The van der Waals surface area contributed by atoms with Gasteiger partial charge in [-0.1, -0.05) is 0 Å². The number of ether oxygens (including phenoxy) is 1. The number of hydrogen-bond donors (Lipinski definition) is 2. The molecule has 0 saturated carbocycles. The average molecular weight is 309 g/mol. The van der Waals surface area contributed by atoms with Gasteiger partial charge in [-0.2, -0.15) is 4.98 Å². The van der Waals surface area contributed by atoms with Crippen LogP contribution in [0.5, 0.6) is 5.75 Å². The van der Waals surface area contributed by atoms with E-state index in [9.17, 15) is 0 Å². The molecule has 0 amide bonds. The van der Waals surface area contributed by atoms with Crippen LogP contribution in [0.2, 0.25) is 0 Å². The van der Waals surface area contributed by atoms with Gasteiger partial charge in [0.2, 0.25) is 5.95 Å². The molecule has 2 aromatic rings. The summed E-state index contributed by atoms with van der Waals surface area (Å²) in [6, 6.07) is 7.54. The largest absolute Gasteiger partial charge is 0.496 e. The van der Waals surface area contributed by atoms with Gasteiger partial charge in [-0.25, -0.2) is 4.98 Å². The topological polar surface area (TPSA) is 59.1 Å². The van der Waals surface area contributed by atoms with Crippen LogP contribution in [-0.4, -0.2) is 24.1 Å². The number of nitrogens with zero attached hydrogens (tertiary/aromatic N) is 2. The third-order valence-corrected chi connectivity index (χ3v) is 2.92. The first kappa shape index (κ1) is 12.6. The molecule has 0 bridgehead atoms. The van der Waals surface area contributed by atoms with E-state index in [1.54, 1.807) is 26.4 Å². The SMILES string of the molecule is CNc1nccc(Nc2ccc(OC)c(Br)c2)n1. The first-order valence-electron chi connectivity index (χ1n) is 5.34. The normalized spacial score (nSPS) is 9.94. The van der Waals surface area contributed by atoms with Gasteiger partial charge >= 0.3 is 0 Å². The van der Waals surface area contributed by atoms with Crippen molar-refractivity contribution >= 4 is 33.4 Å². The van der Waals surface area contributed by atoms with Crippen LogP contribution in [-0.2, 0) is 0 Å². The molecule has 2 rings (SSSR count). The van der Waals surface area contributed by atoms with E-state index in [-0.39, 0.29) is 0 Å². The Labute approximate surface area is 114 Å². The van der Waals surface area contributed by atoms with Gasteiger partial charge in [-0.05, 0) is 40.2 Å². The fraction of sp³-hybridized carbons (Fsp3) is 0.167. The maximum absolute atomic E-state index is 5.18. The van der Waals surface area contributed by atoms with Crippen LogP contribution >= 0.6 is 15.9 Å². The van der Waals surface area contributed by atoms with Crippen LogP contribution in [0.3, 0.4) is 0 Å². The molecule has 0 aliphatic rings. The second-order valence-electron chi connectivity index (χ2n) is 3.49. The first-order valence-corrected chi connectivity index (χ1v) is 6.13. The lowest BCUT2D eigenvalue weighted by atomic mass is 10.3. The van der Waals surface area contributed by atoms with Crippen molar-refractivity contribution in [3.8, 4) is 5.75 Å². The molecule has 1 aromatic carbocycles. The van der Waals surface area contributed by atoms with Gasteiger partial charge in [-0.15, -0.1) is 0 Å². The van der Waals surface area contributed by atoms with Gasteiger partial charge in [0.25, 0.3) is 0 Å². The number of nitrogens with one attached hydrogen (secondary N) is 2. The van der Waals surface area contributed by atoms with Crippen LogP contribution < -0.4 is 15.4 Å². The highest BCUT2D eigenvalue weighted by Crippen LogP contribution is 2.28. The van der Waals surface area contributed by atoms with Crippen molar-refractivity contribution < 1.29 is 4.74 Å². The Balaban J connectivity index is 2.20. The van der Waals surface area contributed by atoms with E-state index in [4.69, 9.17) is 4.74 Å². The number of halogens is 1. The number of aromatic nitrogens is 2. The summed E-state index contributed by atoms with van der Waals surface area (Å²) in [6.45, 7) is 0. The Morgan fingerprint density at radius 3 is 2.78 bits per heavy atom. The summed E-state index contributed by atoms with van der Waals surface area (Å²) in [7, 11) is 3.42. The summed E-state index contributed by atoms with van der Waals surface area (Å²) in [6.07, 6.45) is 1.69. The summed E-state index contributed by atoms with van der Waals surface area (Å²) >= 11 is 3.44. The predicted molar refractivity (Wildman–Crippen MR) is 75.6 cm³/mol. The highest BCUT2D eigenvalue weighted by Gasteiger charge is 2.03. The highest BCUT2D eigenvalue weighted by atomic mass is 79.9. The maximum atomic E-state index is 5.18. The molecule has 1 heterocycles. The average Bonchev–Trinajstić information content (AvgIpc) is 2.39. The van der Waals surface area contributed by atoms with E-state index < -0.39 is 0 Å². The molecule has 0 radical (unpaired) electrons. The van der Waals surface area contributed by atoms with E-state index in [2.05, 4.69) is 36.5 Å². The van der Waals surface area contributed by atoms with Crippen molar-refractivity contribution in [2.75, 3.05) is 24.8 Å². The molecule has 5 nitrogen and oxygen atoms in total. The van der Waals surface area contributed by atoms with Crippen molar-refractivity contribution in [2.45, 2.75) is 0 Å². The third kappa shape index (κ3) is 2.89. The number of methoxy groups -OCH3 is 1. The van der Waals surface area contributed by atoms with E-state index >= 15 is 0 Å². The van der Waals surface area contributed by atoms with E-state index in [1.165, 1.54) is 0 Å². The lowest BCUT2D eigenvalue weighted by Gasteiger charge is -2.09. The van der Waals surface area contributed by atoms with Crippen molar-refractivity contribution in [2.24, 2.45) is 0 Å². The summed E-state index contributed by atoms with van der Waals surface area (Å²) < 4.78 is 6.06. The summed E-state index contributed by atoms with van der Waals surface area (Å²) in [5, 5.41) is 6.09. The van der Waals surface area contributed by atoms with Crippen LogP contribution in [0.1, 0.15) is 0 Å². The Kier molecular flexibility index (Phi) is 3.99. The van der Waals surface area contributed by atoms with Gasteiger partial charge < -0.3 is 15.4 Å². The standard InChI is InChI=1S/C12H13BrN4O/c1-14-12-15-6-5-11(17-12)16-8-3-4-10(18-2)9(13)7-8/h3-7H,1-2H3,(H2,14,15,16,17). The van der Waals surface area contributed by atoms with Crippen molar-refractivity contribution in [3.63, 3.8) is 0 Å². The van der Waals surface area contributed by atoms with Crippen LogP contribution in [0.25, 0.3) is 0 Å². The molecule has 6 heteroatoms. The van der Waals surface area contributed by atoms with Crippen molar-refractivity contribution in [1.29, 1.82) is 0 Å². The zero-order valence-electron chi connectivity index (χ0n) is 10.1. The number of hydrogen-bond acceptors (Lipinski definition) is 5. The monoisotopic (exact) mass is 308 g/mol. The Morgan fingerprint density at radius 2 is 2.11 bits per heavy atom. The lowest BCUT2D eigenvalue weighted by Crippen LogP contribution is -1.99. The van der Waals surface area contributed by atoms with Gasteiger partial charge in [0.1, 0.15) is 11.6 Å². The fourth-order valence-electron chi connectivity index (χ4n) is 1.44. The molecule has 94 valence electrons. The van der Waals surface area contributed by atoms with Crippen molar-refractivity contribution in [1.82, 2.24) is 9.97 Å². The van der Waals surface area contributed by atoms with Crippen LogP contribution in [0.4, 0.5) is 17.5 Å². The Morgan fingerprint density at radius 1 is 1.28 bits per heavy atom. The van der Waals surface area contributed by atoms with Gasteiger partial charge in [0, 0.05) is 18.9 Å². The molecule has 0 saturated heterocycles. The number of anilines is 3. The molecule has 0 aliphatic heterocycles. The Bertz CT molecular complexity index is 547. The molecule has 0 fully saturated rings. The van der Waals surface area contributed by atoms with Gasteiger partial charge in [0.15, 0.2) is 0 Å². The molecule has 1 aromatic heterocycles. The molecule has 18 heavy (non-hydrogen) atoms. The van der Waals surface area contributed by atoms with Gasteiger partial charge in [0.05, 0.1) is 11.6 Å². The van der Waals surface area contributed by atoms with E-state index in [0.717, 1.165) is 21.7 Å². The quantitative estimate of drug-likeness (QED) is 0.909. The zero-order valence-corrected chi connectivity index (χ0v) is 11.7. The van der Waals surface area contributed by atoms with Gasteiger partial charge in [-0.3, -0.25) is 0 Å². The summed E-state index contributed by atoms with van der Waals surface area (Å²) in [4.78, 5) is 8.33. The zero-order chi connectivity index (χ0) is 13.0. The van der Waals surface area contributed by atoms with Crippen LogP contribution in [0.15, 0.2) is 34.9 Å².